The summed E-state index contributed by atoms with van der Waals surface area (Å²) in [6.07, 6.45) is 4.06. The van der Waals surface area contributed by atoms with Crippen LogP contribution in [0.4, 0.5) is 0 Å². The molecule has 2 aromatic rings. The van der Waals surface area contributed by atoms with Gasteiger partial charge >= 0.3 is 0 Å². The minimum absolute atomic E-state index is 0.395. The van der Waals surface area contributed by atoms with Crippen molar-refractivity contribution in [2.45, 2.75) is 13.3 Å². The van der Waals surface area contributed by atoms with Crippen LogP contribution in [0.1, 0.15) is 12.6 Å². The summed E-state index contributed by atoms with van der Waals surface area (Å²) < 4.78 is 10.7. The molecule has 0 aliphatic heterocycles. The third-order valence-corrected chi connectivity index (χ3v) is 2.22. The van der Waals surface area contributed by atoms with Crippen LogP contribution in [0.25, 0.3) is 0 Å². The minimum Gasteiger partial charge on any atom is -0.495 e. The number of ether oxygens (including phenoxy) is 2. The van der Waals surface area contributed by atoms with Crippen LogP contribution in [0.5, 0.6) is 17.4 Å². The van der Waals surface area contributed by atoms with E-state index in [1.54, 1.807) is 37.7 Å². The molecule has 0 bridgehead atoms. The van der Waals surface area contributed by atoms with E-state index in [2.05, 4.69) is 15.2 Å². The molecule has 0 aliphatic carbocycles. The van der Waals surface area contributed by atoms with Gasteiger partial charge in [0.05, 0.1) is 13.3 Å². The van der Waals surface area contributed by atoms with Gasteiger partial charge in [0.1, 0.15) is 17.2 Å². The molecule has 0 aromatic carbocycles. The molecule has 0 aliphatic rings. The van der Waals surface area contributed by atoms with Gasteiger partial charge in [0, 0.05) is 12.3 Å². The van der Waals surface area contributed by atoms with E-state index >= 15 is 0 Å². The second-order valence-corrected chi connectivity index (χ2v) is 3.34. The first-order valence-electron chi connectivity index (χ1n) is 5.32. The van der Waals surface area contributed by atoms with Crippen LogP contribution in [0, 0.1) is 0 Å². The summed E-state index contributed by atoms with van der Waals surface area (Å²) in [7, 11) is 1.60. The van der Waals surface area contributed by atoms with Gasteiger partial charge < -0.3 is 9.47 Å². The van der Waals surface area contributed by atoms with Gasteiger partial charge in [0.25, 0.3) is 0 Å². The van der Waals surface area contributed by atoms with Crippen molar-refractivity contribution in [1.29, 1.82) is 0 Å². The van der Waals surface area contributed by atoms with Crippen molar-refractivity contribution in [3.63, 3.8) is 0 Å². The van der Waals surface area contributed by atoms with Crippen LogP contribution in [0.2, 0.25) is 0 Å². The predicted octanol–water partition coefficient (Wildman–Crippen LogP) is 2.23. The second-order valence-electron chi connectivity index (χ2n) is 3.34. The zero-order valence-electron chi connectivity index (χ0n) is 9.75. The van der Waals surface area contributed by atoms with E-state index in [1.165, 1.54) is 0 Å². The lowest BCUT2D eigenvalue weighted by Gasteiger charge is -2.07. The van der Waals surface area contributed by atoms with Gasteiger partial charge in [0.15, 0.2) is 0 Å². The lowest BCUT2D eigenvalue weighted by Crippen LogP contribution is -1.99. The Hall–Kier alpha value is -2.17. The zero-order valence-corrected chi connectivity index (χ0v) is 9.75. The molecule has 2 rings (SSSR count). The van der Waals surface area contributed by atoms with Crippen molar-refractivity contribution in [3.05, 3.63) is 36.3 Å². The summed E-state index contributed by atoms with van der Waals surface area (Å²) in [5.74, 6) is 1.70. The highest BCUT2D eigenvalue weighted by atomic mass is 16.5. The van der Waals surface area contributed by atoms with E-state index < -0.39 is 0 Å². The number of nitrogens with zero attached hydrogens (tertiary/aromatic N) is 3. The maximum Gasteiger partial charge on any atom is 0.242 e. The third kappa shape index (κ3) is 2.69. The molecule has 5 nitrogen and oxygen atoms in total. The quantitative estimate of drug-likeness (QED) is 0.807. The summed E-state index contributed by atoms with van der Waals surface area (Å²) in [6.45, 7) is 1.99. The molecule has 0 saturated carbocycles. The van der Waals surface area contributed by atoms with Crippen molar-refractivity contribution in [2.24, 2.45) is 0 Å². The van der Waals surface area contributed by atoms with Crippen LogP contribution in [-0.4, -0.2) is 22.3 Å². The number of pyridine rings is 1. The average Bonchev–Trinajstić information content (AvgIpc) is 2.40. The Balaban J connectivity index is 2.22. The third-order valence-electron chi connectivity index (χ3n) is 2.22. The largest absolute Gasteiger partial charge is 0.495 e. The molecule has 88 valence electrons. The highest BCUT2D eigenvalue weighted by Gasteiger charge is 2.07. The average molecular weight is 231 g/mol. The number of rotatable bonds is 4. The molecule has 0 spiro atoms. The zero-order chi connectivity index (χ0) is 12.1. The predicted molar refractivity (Wildman–Crippen MR) is 62.3 cm³/mol. The molecule has 2 aromatic heterocycles. The number of aryl methyl sites for hydroxylation is 1. The van der Waals surface area contributed by atoms with Crippen LogP contribution >= 0.6 is 0 Å². The van der Waals surface area contributed by atoms with Gasteiger partial charge in [0.2, 0.25) is 5.88 Å². The second kappa shape index (κ2) is 5.25. The number of hydrogen-bond acceptors (Lipinski definition) is 5. The maximum absolute atomic E-state index is 5.50. The highest BCUT2D eigenvalue weighted by molar-refractivity contribution is 5.33. The Kier molecular flexibility index (Phi) is 3.49. The molecule has 0 atom stereocenters. The maximum atomic E-state index is 5.50. The van der Waals surface area contributed by atoms with E-state index in [0.29, 0.717) is 17.4 Å². The fourth-order valence-electron chi connectivity index (χ4n) is 1.38. The standard InChI is InChI=1S/C12H13N3O2/c1-3-10-11(16-2)7-12(15-14-10)17-9-5-4-6-13-8-9/h4-8H,3H2,1-2H3. The number of aromatic nitrogens is 3. The molecular formula is C12H13N3O2. The first kappa shape index (κ1) is 11.3. The summed E-state index contributed by atoms with van der Waals surface area (Å²) >= 11 is 0. The monoisotopic (exact) mass is 231 g/mol. The molecule has 0 N–H and O–H groups in total. The Morgan fingerprint density at radius 2 is 2.18 bits per heavy atom. The molecule has 0 fully saturated rings. The van der Waals surface area contributed by atoms with E-state index in [1.807, 2.05) is 6.92 Å². The molecule has 0 amide bonds. The van der Waals surface area contributed by atoms with Gasteiger partial charge in [-0.2, -0.15) is 0 Å². The van der Waals surface area contributed by atoms with Crippen molar-refractivity contribution >= 4 is 0 Å². The molecule has 0 saturated heterocycles. The Labute approximate surface area is 99.4 Å². The first-order valence-corrected chi connectivity index (χ1v) is 5.32. The highest BCUT2D eigenvalue weighted by Crippen LogP contribution is 2.23. The van der Waals surface area contributed by atoms with Crippen LogP contribution < -0.4 is 9.47 Å². The van der Waals surface area contributed by atoms with Crippen LogP contribution in [0.15, 0.2) is 30.6 Å². The Morgan fingerprint density at radius 1 is 1.29 bits per heavy atom. The van der Waals surface area contributed by atoms with E-state index in [0.717, 1.165) is 12.1 Å². The van der Waals surface area contributed by atoms with Gasteiger partial charge in [-0.15, -0.1) is 10.2 Å². The summed E-state index contributed by atoms with van der Waals surface area (Å²) in [4.78, 5) is 3.95. The lowest BCUT2D eigenvalue weighted by molar-refractivity contribution is 0.393. The molecule has 0 unspecified atom stereocenters. The minimum atomic E-state index is 0.395. The Morgan fingerprint density at radius 3 is 2.82 bits per heavy atom. The van der Waals surface area contributed by atoms with Crippen LogP contribution in [-0.2, 0) is 6.42 Å². The smallest absolute Gasteiger partial charge is 0.242 e. The van der Waals surface area contributed by atoms with Crippen molar-refractivity contribution in [2.75, 3.05) is 7.11 Å². The van der Waals surface area contributed by atoms with Gasteiger partial charge in [-0.3, -0.25) is 4.98 Å². The fraction of sp³-hybridized carbons (Fsp3) is 0.250. The first-order chi connectivity index (χ1) is 8.33. The van der Waals surface area contributed by atoms with Crippen molar-refractivity contribution in [3.8, 4) is 17.4 Å². The molecule has 17 heavy (non-hydrogen) atoms. The summed E-state index contributed by atoms with van der Waals surface area (Å²) in [5.41, 5.74) is 0.811. The lowest BCUT2D eigenvalue weighted by atomic mass is 10.3. The SMILES string of the molecule is CCc1nnc(Oc2cccnc2)cc1OC. The van der Waals surface area contributed by atoms with Crippen molar-refractivity contribution in [1.82, 2.24) is 15.2 Å². The fourth-order valence-corrected chi connectivity index (χ4v) is 1.38. The van der Waals surface area contributed by atoms with Crippen molar-refractivity contribution < 1.29 is 9.47 Å². The van der Waals surface area contributed by atoms with E-state index in [-0.39, 0.29) is 0 Å². The summed E-state index contributed by atoms with van der Waals surface area (Å²) in [6, 6.07) is 5.31. The molecule has 5 heteroatoms. The molecule has 0 radical (unpaired) electrons. The van der Waals surface area contributed by atoms with Gasteiger partial charge in [-0.05, 0) is 18.6 Å². The van der Waals surface area contributed by atoms with E-state index in [4.69, 9.17) is 9.47 Å². The molecular weight excluding hydrogens is 218 g/mol. The van der Waals surface area contributed by atoms with E-state index in [9.17, 15) is 0 Å². The Bertz CT molecular complexity index is 488. The topological polar surface area (TPSA) is 57.1 Å². The normalized spacial score (nSPS) is 10.0. The molecule has 2 heterocycles. The number of hydrogen-bond donors (Lipinski definition) is 0. The van der Waals surface area contributed by atoms with Gasteiger partial charge in [-0.1, -0.05) is 6.92 Å². The summed E-state index contributed by atoms with van der Waals surface area (Å²) in [5, 5.41) is 8.02. The van der Waals surface area contributed by atoms with Crippen LogP contribution in [0.3, 0.4) is 0 Å². The van der Waals surface area contributed by atoms with Gasteiger partial charge in [-0.25, -0.2) is 0 Å². The number of methoxy groups -OCH3 is 1.